The van der Waals surface area contributed by atoms with Crippen LogP contribution in [0.25, 0.3) is 10.1 Å². The van der Waals surface area contributed by atoms with Gasteiger partial charge >= 0.3 is 0 Å². The topological polar surface area (TPSA) is 0 Å². The largest absolute Gasteiger partial charge is 0.128 e. The number of alkyl halides is 1. The fraction of sp³-hybridized carbons (Fsp3) is 0.111. The van der Waals surface area contributed by atoms with Gasteiger partial charge in [-0.3, -0.25) is 0 Å². The predicted octanol–water partition coefficient (Wildman–Crippen LogP) is 5.01. The second kappa shape index (κ2) is 4.32. The lowest BCUT2D eigenvalue weighted by molar-refractivity contribution is 1.49. The molecule has 0 radical (unpaired) electrons. The molecule has 68 valence electrons. The van der Waals surface area contributed by atoms with E-state index in [-0.39, 0.29) is 0 Å². The molecule has 0 N–H and O–H groups in total. The summed E-state index contributed by atoms with van der Waals surface area (Å²) in [6, 6.07) is 6.65. The molecule has 0 aliphatic heterocycles. The lowest BCUT2D eigenvalue weighted by Crippen LogP contribution is -1.79. The molecule has 13 heavy (non-hydrogen) atoms. The van der Waals surface area contributed by atoms with Gasteiger partial charge in [0.2, 0.25) is 0 Å². The van der Waals surface area contributed by atoms with E-state index in [2.05, 4.69) is 79.3 Å². The average molecular weight is 479 g/mol. The van der Waals surface area contributed by atoms with Crippen molar-refractivity contribution in [1.82, 2.24) is 0 Å². The number of rotatable bonds is 1. The highest BCUT2D eigenvalue weighted by Gasteiger charge is 2.06. The molecule has 2 rings (SSSR count). The summed E-state index contributed by atoms with van der Waals surface area (Å²) in [7, 11) is 0. The van der Waals surface area contributed by atoms with Crippen molar-refractivity contribution in [1.29, 1.82) is 0 Å². The maximum Gasteiger partial charge on any atom is 0.0666 e. The van der Waals surface area contributed by atoms with Gasteiger partial charge in [0.1, 0.15) is 0 Å². The zero-order chi connectivity index (χ0) is 9.42. The van der Waals surface area contributed by atoms with E-state index >= 15 is 0 Å². The first-order valence-corrected chi connectivity index (χ1v) is 7.74. The number of hydrogen-bond acceptors (Lipinski definition) is 1. The molecule has 0 fully saturated rings. The second-order valence-corrected chi connectivity index (χ2v) is 7.30. The van der Waals surface area contributed by atoms with E-state index in [1.807, 2.05) is 11.3 Å². The molecule has 1 heterocycles. The first-order chi connectivity index (χ1) is 6.22. The average Bonchev–Trinajstić information content (AvgIpc) is 2.48. The SMILES string of the molecule is BrCc1ccc(I)c2sc(I)cc12. The van der Waals surface area contributed by atoms with Crippen LogP contribution in [0.5, 0.6) is 0 Å². The Morgan fingerprint density at radius 1 is 1.31 bits per heavy atom. The van der Waals surface area contributed by atoms with Crippen molar-refractivity contribution in [2.75, 3.05) is 0 Å². The molecule has 0 amide bonds. The molecule has 0 aliphatic carbocycles. The third-order valence-electron chi connectivity index (χ3n) is 1.84. The van der Waals surface area contributed by atoms with Crippen LogP contribution in [0, 0.1) is 6.45 Å². The lowest BCUT2D eigenvalue weighted by atomic mass is 10.2. The predicted molar refractivity (Wildman–Crippen MR) is 79.9 cm³/mol. The van der Waals surface area contributed by atoms with Crippen molar-refractivity contribution in [3.05, 3.63) is 30.2 Å². The Bertz CT molecular complexity index is 450. The van der Waals surface area contributed by atoms with Gasteiger partial charge in [-0.1, -0.05) is 22.0 Å². The van der Waals surface area contributed by atoms with Crippen LogP contribution in [0.1, 0.15) is 5.56 Å². The molecule has 1 aromatic carbocycles. The number of hydrogen-bond donors (Lipinski definition) is 0. The van der Waals surface area contributed by atoms with Gasteiger partial charge in [0.15, 0.2) is 0 Å². The molecular formula is C9H5BrI2S. The Labute approximate surface area is 117 Å². The van der Waals surface area contributed by atoms with Crippen molar-refractivity contribution >= 4 is 82.5 Å². The Kier molecular flexibility index (Phi) is 3.53. The minimum atomic E-state index is 0.938. The van der Waals surface area contributed by atoms with E-state index in [9.17, 15) is 0 Å². The third kappa shape index (κ3) is 2.05. The van der Waals surface area contributed by atoms with Crippen LogP contribution in [0.15, 0.2) is 18.2 Å². The van der Waals surface area contributed by atoms with Crippen LogP contribution in [0.3, 0.4) is 0 Å². The minimum Gasteiger partial charge on any atom is -0.128 e. The zero-order valence-corrected chi connectivity index (χ0v) is 13.2. The van der Waals surface area contributed by atoms with Crippen LogP contribution in [-0.4, -0.2) is 0 Å². The molecule has 2 aromatic rings. The highest BCUT2D eigenvalue weighted by atomic mass is 127. The summed E-state index contributed by atoms with van der Waals surface area (Å²) in [6.07, 6.45) is 0. The normalized spacial score (nSPS) is 11.0. The van der Waals surface area contributed by atoms with E-state index < -0.39 is 0 Å². The van der Waals surface area contributed by atoms with Crippen molar-refractivity contribution in [2.45, 2.75) is 5.33 Å². The third-order valence-corrected chi connectivity index (χ3v) is 5.64. The molecule has 0 saturated heterocycles. The van der Waals surface area contributed by atoms with Gasteiger partial charge in [0, 0.05) is 13.6 Å². The summed E-state index contributed by atoms with van der Waals surface area (Å²) in [5.74, 6) is 0. The number of fused-ring (bicyclic) bond motifs is 1. The molecule has 0 saturated carbocycles. The second-order valence-electron chi connectivity index (χ2n) is 2.63. The first-order valence-electron chi connectivity index (χ1n) is 3.65. The van der Waals surface area contributed by atoms with Crippen molar-refractivity contribution < 1.29 is 0 Å². The van der Waals surface area contributed by atoms with Crippen molar-refractivity contribution in [2.24, 2.45) is 0 Å². The zero-order valence-electron chi connectivity index (χ0n) is 6.48. The smallest absolute Gasteiger partial charge is 0.0666 e. The van der Waals surface area contributed by atoms with Gasteiger partial charge in [-0.25, -0.2) is 0 Å². The summed E-state index contributed by atoms with van der Waals surface area (Å²) in [5.41, 5.74) is 1.38. The monoisotopic (exact) mass is 478 g/mol. The molecule has 0 aliphatic rings. The van der Waals surface area contributed by atoms with Gasteiger partial charge in [-0.2, -0.15) is 0 Å². The molecule has 1 aromatic heterocycles. The van der Waals surface area contributed by atoms with Crippen molar-refractivity contribution in [3.8, 4) is 0 Å². The molecule has 0 unspecified atom stereocenters. The van der Waals surface area contributed by atoms with Crippen LogP contribution < -0.4 is 0 Å². The van der Waals surface area contributed by atoms with Crippen molar-refractivity contribution in [3.63, 3.8) is 0 Å². The maximum atomic E-state index is 3.51. The van der Waals surface area contributed by atoms with Crippen LogP contribution in [0.4, 0.5) is 0 Å². The van der Waals surface area contributed by atoms with E-state index in [0.717, 1.165) is 5.33 Å². The fourth-order valence-electron chi connectivity index (χ4n) is 1.23. The summed E-state index contributed by atoms with van der Waals surface area (Å²) >= 11 is 10.2. The molecule has 0 atom stereocenters. The fourth-order valence-corrected chi connectivity index (χ4v) is 4.33. The minimum absolute atomic E-state index is 0.938. The Morgan fingerprint density at radius 2 is 2.08 bits per heavy atom. The number of halogens is 3. The van der Waals surface area contributed by atoms with Crippen LogP contribution >= 0.6 is 72.4 Å². The Balaban J connectivity index is 2.83. The van der Waals surface area contributed by atoms with Gasteiger partial charge in [-0.05, 0) is 68.3 Å². The maximum absolute atomic E-state index is 3.51. The molecule has 0 spiro atoms. The standard InChI is InChI=1S/C9H5BrI2S/c10-4-5-1-2-7(11)9-6(5)3-8(12)13-9/h1-3H,4H2. The Hall–Kier alpha value is 1.12. The highest BCUT2D eigenvalue weighted by molar-refractivity contribution is 14.1. The van der Waals surface area contributed by atoms with E-state index in [4.69, 9.17) is 0 Å². The molecule has 4 heteroatoms. The summed E-state index contributed by atoms with van der Waals surface area (Å²) in [5, 5.41) is 2.34. The number of benzene rings is 1. The van der Waals surface area contributed by atoms with Gasteiger partial charge < -0.3 is 0 Å². The van der Waals surface area contributed by atoms with Crippen LogP contribution in [0.2, 0.25) is 0 Å². The summed E-state index contributed by atoms with van der Waals surface area (Å²) in [6.45, 7) is 0. The quantitative estimate of drug-likeness (QED) is 0.399. The lowest BCUT2D eigenvalue weighted by Gasteiger charge is -1.99. The highest BCUT2D eigenvalue weighted by Crippen LogP contribution is 2.33. The first kappa shape index (κ1) is 10.6. The Morgan fingerprint density at radius 3 is 2.77 bits per heavy atom. The van der Waals surface area contributed by atoms with E-state index in [1.165, 1.54) is 22.1 Å². The van der Waals surface area contributed by atoms with E-state index in [0.29, 0.717) is 0 Å². The molecular weight excluding hydrogens is 474 g/mol. The van der Waals surface area contributed by atoms with Gasteiger partial charge in [0.25, 0.3) is 0 Å². The van der Waals surface area contributed by atoms with Gasteiger partial charge in [-0.15, -0.1) is 11.3 Å². The van der Waals surface area contributed by atoms with Gasteiger partial charge in [0.05, 0.1) is 2.88 Å². The number of thiophene rings is 1. The van der Waals surface area contributed by atoms with Crippen LogP contribution in [-0.2, 0) is 5.33 Å². The summed E-state index contributed by atoms with van der Waals surface area (Å²) < 4.78 is 4.13. The molecule has 0 bridgehead atoms. The summed E-state index contributed by atoms with van der Waals surface area (Å²) in [4.78, 5) is 0. The van der Waals surface area contributed by atoms with E-state index in [1.54, 1.807) is 0 Å². The molecule has 0 nitrogen and oxygen atoms in total.